The van der Waals surface area contributed by atoms with Gasteiger partial charge in [-0.15, -0.1) is 0 Å². The standard InChI is InChI=1S/C15H18N2/c16-13-10-2-1-3-11(12(10)14(13)17)15-6-4-9(8-15)5-7-15/h1-3,9H,4-8,16-17H2. The average Bonchev–Trinajstić information content (AvgIpc) is 2.98. The van der Waals surface area contributed by atoms with Crippen LogP contribution >= 0.6 is 0 Å². The number of hydrogen-bond acceptors (Lipinski definition) is 2. The molecular weight excluding hydrogens is 208 g/mol. The van der Waals surface area contributed by atoms with E-state index >= 15 is 0 Å². The molecule has 0 heterocycles. The lowest BCUT2D eigenvalue weighted by Crippen LogP contribution is -2.28. The van der Waals surface area contributed by atoms with Crippen molar-refractivity contribution < 1.29 is 0 Å². The lowest BCUT2D eigenvalue weighted by Gasteiger charge is -2.34. The molecule has 4 N–H and O–H groups in total. The van der Waals surface area contributed by atoms with Crippen molar-refractivity contribution >= 4 is 11.4 Å². The van der Waals surface area contributed by atoms with Gasteiger partial charge < -0.3 is 11.5 Å². The number of hydrogen-bond donors (Lipinski definition) is 2. The number of nitrogens with two attached hydrogens (primary N) is 2. The summed E-state index contributed by atoms with van der Waals surface area (Å²) in [4.78, 5) is 0. The molecule has 1 aromatic rings. The molecule has 2 bridgehead atoms. The molecule has 4 rings (SSSR count). The fourth-order valence-corrected chi connectivity index (χ4v) is 4.30. The molecule has 0 amide bonds. The molecular formula is C15H18N2. The van der Waals surface area contributed by atoms with Crippen LogP contribution < -0.4 is 11.5 Å². The molecule has 0 radical (unpaired) electrons. The molecule has 2 heteroatoms. The van der Waals surface area contributed by atoms with E-state index in [0.29, 0.717) is 5.41 Å². The predicted molar refractivity (Wildman–Crippen MR) is 69.9 cm³/mol. The molecule has 2 nitrogen and oxygen atoms in total. The summed E-state index contributed by atoms with van der Waals surface area (Å²) < 4.78 is 0. The summed E-state index contributed by atoms with van der Waals surface area (Å²) in [5.74, 6) is 0.966. The van der Waals surface area contributed by atoms with Gasteiger partial charge in [0, 0.05) is 11.1 Å². The fourth-order valence-electron chi connectivity index (χ4n) is 4.30. The highest BCUT2D eigenvalue weighted by atomic mass is 14.7. The number of fused-ring (bicyclic) bond motifs is 3. The first-order valence-electron chi connectivity index (χ1n) is 6.61. The SMILES string of the molecule is NC1=C(N)c2c1cccc2C12CCC(CC1)C2. The van der Waals surface area contributed by atoms with Crippen molar-refractivity contribution in [3.8, 4) is 0 Å². The van der Waals surface area contributed by atoms with Gasteiger partial charge in [-0.05, 0) is 49.0 Å². The molecule has 0 spiro atoms. The van der Waals surface area contributed by atoms with Gasteiger partial charge in [-0.2, -0.15) is 0 Å². The van der Waals surface area contributed by atoms with Gasteiger partial charge in [0.25, 0.3) is 0 Å². The van der Waals surface area contributed by atoms with E-state index in [9.17, 15) is 0 Å². The first-order valence-corrected chi connectivity index (χ1v) is 6.61. The van der Waals surface area contributed by atoms with Crippen molar-refractivity contribution in [2.24, 2.45) is 17.4 Å². The highest BCUT2D eigenvalue weighted by molar-refractivity contribution is 6.02. The lowest BCUT2D eigenvalue weighted by atomic mass is 9.71. The Morgan fingerprint density at radius 2 is 1.82 bits per heavy atom. The van der Waals surface area contributed by atoms with E-state index in [2.05, 4.69) is 18.2 Å². The molecule has 0 atom stereocenters. The van der Waals surface area contributed by atoms with Gasteiger partial charge >= 0.3 is 0 Å². The monoisotopic (exact) mass is 226 g/mol. The van der Waals surface area contributed by atoms with Crippen molar-refractivity contribution in [2.45, 2.75) is 37.5 Å². The van der Waals surface area contributed by atoms with Gasteiger partial charge in [0.1, 0.15) is 0 Å². The maximum Gasteiger partial charge on any atom is 0.0637 e. The van der Waals surface area contributed by atoms with Crippen LogP contribution in [0.1, 0.15) is 48.8 Å². The predicted octanol–water partition coefficient (Wildman–Crippen LogP) is 2.57. The van der Waals surface area contributed by atoms with E-state index < -0.39 is 0 Å². The second-order valence-electron chi connectivity index (χ2n) is 5.98. The molecule has 0 unspecified atom stereocenters. The maximum atomic E-state index is 6.08. The molecule has 0 aromatic heterocycles. The largest absolute Gasteiger partial charge is 0.397 e. The Labute approximate surface area is 102 Å². The molecule has 3 aliphatic carbocycles. The molecule has 88 valence electrons. The van der Waals surface area contributed by atoms with Crippen LogP contribution in [-0.2, 0) is 5.41 Å². The van der Waals surface area contributed by atoms with Gasteiger partial charge in [-0.3, -0.25) is 0 Å². The highest BCUT2D eigenvalue weighted by Crippen LogP contribution is 2.57. The van der Waals surface area contributed by atoms with Gasteiger partial charge in [0.05, 0.1) is 11.4 Å². The van der Waals surface area contributed by atoms with E-state index in [1.165, 1.54) is 48.8 Å². The van der Waals surface area contributed by atoms with Gasteiger partial charge in [-0.25, -0.2) is 0 Å². The van der Waals surface area contributed by atoms with Gasteiger partial charge in [-0.1, -0.05) is 18.2 Å². The summed E-state index contributed by atoms with van der Waals surface area (Å²) in [5.41, 5.74) is 18.0. The van der Waals surface area contributed by atoms with E-state index in [-0.39, 0.29) is 0 Å². The Balaban J connectivity index is 1.88. The third-order valence-electron chi connectivity index (χ3n) is 5.23. The average molecular weight is 226 g/mol. The molecule has 2 fully saturated rings. The smallest absolute Gasteiger partial charge is 0.0637 e. The summed E-state index contributed by atoms with van der Waals surface area (Å²) in [5, 5.41) is 0. The quantitative estimate of drug-likeness (QED) is 0.773. The summed E-state index contributed by atoms with van der Waals surface area (Å²) in [6.07, 6.45) is 6.88. The first-order chi connectivity index (χ1) is 8.21. The third kappa shape index (κ3) is 1.02. The molecule has 0 saturated heterocycles. The van der Waals surface area contributed by atoms with Crippen LogP contribution in [-0.4, -0.2) is 0 Å². The zero-order valence-corrected chi connectivity index (χ0v) is 10.00. The summed E-state index contributed by atoms with van der Waals surface area (Å²) in [7, 11) is 0. The van der Waals surface area contributed by atoms with E-state index in [4.69, 9.17) is 11.5 Å². The van der Waals surface area contributed by atoms with Crippen LogP contribution in [0.15, 0.2) is 18.2 Å². The second-order valence-corrected chi connectivity index (χ2v) is 5.98. The lowest BCUT2D eigenvalue weighted by molar-refractivity contribution is 0.418. The van der Waals surface area contributed by atoms with E-state index in [1.54, 1.807) is 0 Å². The normalized spacial score (nSPS) is 33.8. The Bertz CT molecular complexity index is 534. The van der Waals surface area contributed by atoms with Crippen molar-refractivity contribution in [2.75, 3.05) is 0 Å². The Morgan fingerprint density at radius 3 is 2.47 bits per heavy atom. The third-order valence-corrected chi connectivity index (χ3v) is 5.23. The highest BCUT2D eigenvalue weighted by Gasteiger charge is 2.48. The van der Waals surface area contributed by atoms with Crippen LogP contribution in [0.5, 0.6) is 0 Å². The second kappa shape index (κ2) is 2.87. The fraction of sp³-hybridized carbons (Fsp3) is 0.467. The molecule has 1 aromatic carbocycles. The Hall–Kier alpha value is -1.44. The zero-order valence-electron chi connectivity index (χ0n) is 10.00. The topological polar surface area (TPSA) is 52.0 Å². The molecule has 17 heavy (non-hydrogen) atoms. The van der Waals surface area contributed by atoms with Gasteiger partial charge in [0.15, 0.2) is 0 Å². The van der Waals surface area contributed by atoms with Crippen LogP contribution in [0.3, 0.4) is 0 Å². The minimum absolute atomic E-state index is 0.432. The Morgan fingerprint density at radius 1 is 1.06 bits per heavy atom. The number of rotatable bonds is 1. The molecule has 2 saturated carbocycles. The molecule has 0 aliphatic heterocycles. The van der Waals surface area contributed by atoms with Crippen LogP contribution in [0.2, 0.25) is 0 Å². The zero-order chi connectivity index (χ0) is 11.6. The minimum atomic E-state index is 0.432. The number of benzene rings is 1. The first kappa shape index (κ1) is 9.58. The summed E-state index contributed by atoms with van der Waals surface area (Å²) in [6.45, 7) is 0. The summed E-state index contributed by atoms with van der Waals surface area (Å²) in [6, 6.07) is 6.53. The van der Waals surface area contributed by atoms with Crippen molar-refractivity contribution in [1.29, 1.82) is 0 Å². The van der Waals surface area contributed by atoms with Crippen molar-refractivity contribution in [3.05, 3.63) is 34.9 Å². The minimum Gasteiger partial charge on any atom is -0.397 e. The van der Waals surface area contributed by atoms with Crippen LogP contribution in [0.4, 0.5) is 0 Å². The van der Waals surface area contributed by atoms with Gasteiger partial charge in [0.2, 0.25) is 0 Å². The van der Waals surface area contributed by atoms with Crippen LogP contribution in [0, 0.1) is 5.92 Å². The van der Waals surface area contributed by atoms with Crippen LogP contribution in [0.25, 0.3) is 11.4 Å². The van der Waals surface area contributed by atoms with Crippen molar-refractivity contribution in [1.82, 2.24) is 0 Å². The maximum absolute atomic E-state index is 6.08. The Kier molecular flexibility index (Phi) is 1.61. The van der Waals surface area contributed by atoms with E-state index in [1.807, 2.05) is 0 Å². The van der Waals surface area contributed by atoms with E-state index in [0.717, 1.165) is 17.3 Å². The van der Waals surface area contributed by atoms with Crippen molar-refractivity contribution in [3.63, 3.8) is 0 Å². The summed E-state index contributed by atoms with van der Waals surface area (Å²) >= 11 is 0. The molecule has 3 aliphatic rings.